The zero-order chi connectivity index (χ0) is 21.9. The Morgan fingerprint density at radius 2 is 1.83 bits per heavy atom. The molecule has 10 heteroatoms. The third-order valence-corrected chi connectivity index (χ3v) is 4.35. The van der Waals surface area contributed by atoms with Crippen LogP contribution in [-0.4, -0.2) is 43.9 Å². The van der Waals surface area contributed by atoms with Gasteiger partial charge in [0, 0.05) is 12.1 Å². The summed E-state index contributed by atoms with van der Waals surface area (Å²) in [6, 6.07) is 11.8. The van der Waals surface area contributed by atoms with Crippen LogP contribution < -0.4 is 25.6 Å². The molecule has 2 rings (SSSR count). The molecule has 0 aliphatic carbocycles. The Morgan fingerprint density at radius 3 is 2.57 bits per heavy atom. The SMILES string of the molecule is COCCOc1ccccc1C(=O)NC(=S)NNC(=O)COc1ccc(Cl)c(C)c1. The van der Waals surface area contributed by atoms with Gasteiger partial charge in [0.1, 0.15) is 18.1 Å². The molecule has 2 amide bonds. The van der Waals surface area contributed by atoms with Crippen molar-refractivity contribution >= 4 is 40.7 Å². The lowest BCUT2D eigenvalue weighted by molar-refractivity contribution is -0.123. The molecule has 0 aromatic heterocycles. The van der Waals surface area contributed by atoms with Crippen LogP contribution in [0.4, 0.5) is 0 Å². The number of amides is 2. The first-order valence-electron chi connectivity index (χ1n) is 8.90. The quantitative estimate of drug-likeness (QED) is 0.322. The lowest BCUT2D eigenvalue weighted by Gasteiger charge is -2.13. The molecule has 8 nitrogen and oxygen atoms in total. The number of para-hydroxylation sites is 1. The molecule has 0 bridgehead atoms. The van der Waals surface area contributed by atoms with E-state index in [9.17, 15) is 9.59 Å². The number of carbonyl (C=O) groups excluding carboxylic acids is 2. The molecule has 160 valence electrons. The molecule has 0 atom stereocenters. The highest BCUT2D eigenvalue weighted by Crippen LogP contribution is 2.21. The lowest BCUT2D eigenvalue weighted by atomic mass is 10.2. The molecular weight excluding hydrogens is 430 g/mol. The molecule has 0 saturated heterocycles. The van der Waals surface area contributed by atoms with Crippen molar-refractivity contribution in [1.29, 1.82) is 0 Å². The number of benzene rings is 2. The van der Waals surface area contributed by atoms with Crippen LogP contribution in [0.1, 0.15) is 15.9 Å². The normalized spacial score (nSPS) is 10.1. The van der Waals surface area contributed by atoms with Crippen molar-refractivity contribution in [3.8, 4) is 11.5 Å². The van der Waals surface area contributed by atoms with Crippen molar-refractivity contribution < 1.29 is 23.8 Å². The fourth-order valence-electron chi connectivity index (χ4n) is 2.24. The molecule has 0 spiro atoms. The Kier molecular flexibility index (Phi) is 9.33. The van der Waals surface area contributed by atoms with Gasteiger partial charge in [-0.15, -0.1) is 0 Å². The lowest BCUT2D eigenvalue weighted by Crippen LogP contribution is -2.49. The zero-order valence-corrected chi connectivity index (χ0v) is 18.1. The molecule has 0 radical (unpaired) electrons. The molecule has 0 unspecified atom stereocenters. The molecule has 2 aromatic carbocycles. The smallest absolute Gasteiger partial charge is 0.276 e. The van der Waals surface area contributed by atoms with Crippen LogP contribution >= 0.6 is 23.8 Å². The largest absolute Gasteiger partial charge is 0.490 e. The van der Waals surface area contributed by atoms with E-state index in [0.29, 0.717) is 35.3 Å². The number of aryl methyl sites for hydroxylation is 1. The summed E-state index contributed by atoms with van der Waals surface area (Å²) in [5.74, 6) is -0.0660. The van der Waals surface area contributed by atoms with E-state index >= 15 is 0 Å². The van der Waals surface area contributed by atoms with Crippen molar-refractivity contribution in [3.63, 3.8) is 0 Å². The second kappa shape index (κ2) is 12.0. The van der Waals surface area contributed by atoms with E-state index in [4.69, 9.17) is 38.0 Å². The molecule has 0 aliphatic rings. The van der Waals surface area contributed by atoms with Crippen LogP contribution in [-0.2, 0) is 9.53 Å². The van der Waals surface area contributed by atoms with E-state index in [2.05, 4.69) is 16.2 Å². The first kappa shape index (κ1) is 23.4. The van der Waals surface area contributed by atoms with Crippen molar-refractivity contribution in [1.82, 2.24) is 16.2 Å². The number of rotatable bonds is 8. The van der Waals surface area contributed by atoms with Crippen LogP contribution in [0.15, 0.2) is 42.5 Å². The van der Waals surface area contributed by atoms with Crippen molar-refractivity contribution in [2.75, 3.05) is 26.9 Å². The predicted octanol–water partition coefficient (Wildman–Crippen LogP) is 2.39. The minimum absolute atomic E-state index is 0.0811. The Bertz CT molecular complexity index is 910. The van der Waals surface area contributed by atoms with E-state index in [1.54, 1.807) is 49.6 Å². The number of thiocarbonyl (C=S) groups is 1. The van der Waals surface area contributed by atoms with Gasteiger partial charge in [-0.1, -0.05) is 23.7 Å². The van der Waals surface area contributed by atoms with Gasteiger partial charge < -0.3 is 14.2 Å². The highest BCUT2D eigenvalue weighted by molar-refractivity contribution is 7.80. The van der Waals surface area contributed by atoms with E-state index in [1.165, 1.54) is 0 Å². The van der Waals surface area contributed by atoms with Crippen LogP contribution in [0.5, 0.6) is 11.5 Å². The van der Waals surface area contributed by atoms with Gasteiger partial charge in [-0.2, -0.15) is 0 Å². The highest BCUT2D eigenvalue weighted by atomic mass is 35.5. The van der Waals surface area contributed by atoms with Crippen molar-refractivity contribution in [2.24, 2.45) is 0 Å². The number of hydrogen-bond donors (Lipinski definition) is 3. The summed E-state index contributed by atoms with van der Waals surface area (Å²) in [5.41, 5.74) is 5.93. The van der Waals surface area contributed by atoms with Gasteiger partial charge in [0.05, 0.1) is 12.2 Å². The van der Waals surface area contributed by atoms with Crippen LogP contribution in [0.2, 0.25) is 5.02 Å². The number of methoxy groups -OCH3 is 1. The fraction of sp³-hybridized carbons (Fsp3) is 0.250. The van der Waals surface area contributed by atoms with E-state index in [0.717, 1.165) is 5.56 Å². The van der Waals surface area contributed by atoms with Crippen LogP contribution in [0.3, 0.4) is 0 Å². The number of ether oxygens (including phenoxy) is 3. The first-order chi connectivity index (χ1) is 14.4. The Balaban J connectivity index is 1.79. The number of nitrogens with one attached hydrogen (secondary N) is 3. The molecule has 0 saturated carbocycles. The molecule has 3 N–H and O–H groups in total. The number of carbonyl (C=O) groups is 2. The molecule has 0 heterocycles. The van der Waals surface area contributed by atoms with Crippen molar-refractivity contribution in [2.45, 2.75) is 6.92 Å². The molecular formula is C20H22ClN3O5S. The topological polar surface area (TPSA) is 97.9 Å². The maximum atomic E-state index is 12.4. The summed E-state index contributed by atoms with van der Waals surface area (Å²) in [5, 5.41) is 3.00. The molecule has 0 aliphatic heterocycles. The van der Waals surface area contributed by atoms with E-state index in [-0.39, 0.29) is 11.7 Å². The fourth-order valence-corrected chi connectivity index (χ4v) is 2.50. The maximum absolute atomic E-state index is 12.4. The highest BCUT2D eigenvalue weighted by Gasteiger charge is 2.14. The third-order valence-electron chi connectivity index (χ3n) is 3.72. The van der Waals surface area contributed by atoms with Gasteiger partial charge in [-0.25, -0.2) is 0 Å². The predicted molar refractivity (Wildman–Crippen MR) is 117 cm³/mol. The molecule has 0 fully saturated rings. The monoisotopic (exact) mass is 451 g/mol. The Hall–Kier alpha value is -2.88. The van der Waals surface area contributed by atoms with Gasteiger partial charge in [0.2, 0.25) is 0 Å². The second-order valence-electron chi connectivity index (χ2n) is 5.99. The number of hydrazine groups is 1. The summed E-state index contributed by atoms with van der Waals surface area (Å²) >= 11 is 11.0. The summed E-state index contributed by atoms with van der Waals surface area (Å²) in [6.45, 7) is 2.27. The van der Waals surface area contributed by atoms with E-state index < -0.39 is 11.8 Å². The average molecular weight is 452 g/mol. The minimum Gasteiger partial charge on any atom is -0.490 e. The zero-order valence-electron chi connectivity index (χ0n) is 16.5. The number of halogens is 1. The van der Waals surface area contributed by atoms with Crippen LogP contribution in [0, 0.1) is 6.92 Å². The summed E-state index contributed by atoms with van der Waals surface area (Å²) in [6.07, 6.45) is 0. The molecule has 2 aromatic rings. The minimum atomic E-state index is -0.484. The van der Waals surface area contributed by atoms with Crippen molar-refractivity contribution in [3.05, 3.63) is 58.6 Å². The summed E-state index contributed by atoms with van der Waals surface area (Å²) in [4.78, 5) is 24.3. The Morgan fingerprint density at radius 1 is 1.07 bits per heavy atom. The van der Waals surface area contributed by atoms with Gasteiger partial charge in [0.25, 0.3) is 11.8 Å². The standard InChI is InChI=1S/C20H22ClN3O5S/c1-13-11-14(7-8-16(13)21)29-12-18(25)23-24-20(30)22-19(26)15-5-3-4-6-17(15)28-10-9-27-2/h3-8,11H,9-10,12H2,1-2H3,(H,23,25)(H2,22,24,26,30). The number of hydrogen-bond acceptors (Lipinski definition) is 6. The average Bonchev–Trinajstić information content (AvgIpc) is 2.73. The Labute approximate surface area is 184 Å². The van der Waals surface area contributed by atoms with Gasteiger partial charge >= 0.3 is 0 Å². The third kappa shape index (κ3) is 7.51. The molecule has 30 heavy (non-hydrogen) atoms. The summed E-state index contributed by atoms with van der Waals surface area (Å²) < 4.78 is 15.8. The first-order valence-corrected chi connectivity index (χ1v) is 9.69. The summed E-state index contributed by atoms with van der Waals surface area (Å²) in [7, 11) is 1.56. The van der Waals surface area contributed by atoms with Gasteiger partial charge in [-0.3, -0.25) is 25.8 Å². The second-order valence-corrected chi connectivity index (χ2v) is 6.81. The van der Waals surface area contributed by atoms with Crippen LogP contribution in [0.25, 0.3) is 0 Å². The van der Waals surface area contributed by atoms with Gasteiger partial charge in [0.15, 0.2) is 11.7 Å². The maximum Gasteiger partial charge on any atom is 0.276 e. The van der Waals surface area contributed by atoms with E-state index in [1.807, 2.05) is 6.92 Å². The van der Waals surface area contributed by atoms with Gasteiger partial charge in [-0.05, 0) is 55.0 Å².